The van der Waals surface area contributed by atoms with Gasteiger partial charge in [0.15, 0.2) is 0 Å². The highest BCUT2D eigenvalue weighted by Gasteiger charge is 2.14. The normalized spacial score (nSPS) is 15.3. The molecular weight excluding hydrogens is 145 g/mol. The maximum absolute atomic E-state index is 12.2. The van der Waals surface area contributed by atoms with E-state index in [1.165, 1.54) is 12.3 Å². The summed E-state index contributed by atoms with van der Waals surface area (Å²) < 4.78 is 35.1. The van der Waals surface area contributed by atoms with Gasteiger partial charge in [0.1, 0.15) is 0 Å². The minimum absolute atomic E-state index is 0.128. The van der Waals surface area contributed by atoms with E-state index < -0.39 is 12.0 Å². The van der Waals surface area contributed by atoms with Gasteiger partial charge in [-0.15, -0.1) is 0 Å². The minimum Gasteiger partial charge on any atom is -0.304 e. The molecule has 0 spiro atoms. The molecule has 1 N–H and O–H groups in total. The van der Waals surface area contributed by atoms with Crippen molar-refractivity contribution in [3.8, 4) is 0 Å². The lowest BCUT2D eigenvalue weighted by molar-refractivity contribution is 0.221. The first-order valence-corrected chi connectivity index (χ1v) is 2.61. The Hall–Kier alpha value is -1.13. The predicted octanol–water partition coefficient (Wildman–Crippen LogP) is 1.36. The predicted molar refractivity (Wildman–Crippen MR) is 29.3 cm³/mol. The molecule has 0 aliphatic carbocycles. The van der Waals surface area contributed by atoms with E-state index >= 15 is 0 Å². The maximum Gasteiger partial charge on any atom is 0.324 e. The molecular formula is C5H5F3N2. The minimum atomic E-state index is -2.31. The lowest BCUT2D eigenvalue weighted by Gasteiger charge is -2.13. The second-order valence-corrected chi connectivity index (χ2v) is 1.69. The van der Waals surface area contributed by atoms with Gasteiger partial charge < -0.3 is 5.43 Å². The van der Waals surface area contributed by atoms with Crippen molar-refractivity contribution in [2.24, 2.45) is 0 Å². The summed E-state index contributed by atoms with van der Waals surface area (Å²) in [4.78, 5) is 0. The molecule has 1 rings (SSSR count). The number of nitrogens with zero attached hydrogens (tertiary/aromatic N) is 1. The van der Waals surface area contributed by atoms with Crippen LogP contribution < -0.4 is 5.43 Å². The number of rotatable bonds is 1. The number of nitrogens with one attached hydrogen (secondary N) is 1. The molecule has 0 bridgehead atoms. The number of hydrogen-bond acceptors (Lipinski definition) is 2. The van der Waals surface area contributed by atoms with E-state index in [2.05, 4.69) is 5.43 Å². The van der Waals surface area contributed by atoms with Gasteiger partial charge in [-0.2, -0.15) is 13.2 Å². The first-order valence-electron chi connectivity index (χ1n) is 2.61. The third-order valence-electron chi connectivity index (χ3n) is 1.03. The van der Waals surface area contributed by atoms with Crippen LogP contribution in [0.3, 0.4) is 0 Å². The molecule has 0 radical (unpaired) electrons. The zero-order valence-corrected chi connectivity index (χ0v) is 4.94. The van der Waals surface area contributed by atoms with Crippen molar-refractivity contribution >= 4 is 0 Å². The Labute approximate surface area is 55.6 Å². The Balaban J connectivity index is 2.59. The zero-order chi connectivity index (χ0) is 7.56. The van der Waals surface area contributed by atoms with Crippen molar-refractivity contribution in [1.82, 2.24) is 10.4 Å². The smallest absolute Gasteiger partial charge is 0.304 e. The summed E-state index contributed by atoms with van der Waals surface area (Å²) in [5.74, 6) is -1.52. The molecule has 1 aliphatic heterocycles. The number of hydrazine groups is 1. The Bertz CT molecular complexity index is 175. The molecule has 0 saturated heterocycles. The SMILES string of the molecule is FC(F)=C(F)N1CC=CN1. The molecule has 0 unspecified atom stereocenters. The number of hydrogen-bond donors (Lipinski definition) is 1. The molecule has 0 fully saturated rings. The monoisotopic (exact) mass is 150 g/mol. The first kappa shape index (κ1) is 6.98. The molecule has 0 aromatic heterocycles. The van der Waals surface area contributed by atoms with Gasteiger partial charge in [0.25, 0.3) is 5.95 Å². The van der Waals surface area contributed by atoms with Crippen LogP contribution in [0.2, 0.25) is 0 Å². The summed E-state index contributed by atoms with van der Waals surface area (Å²) in [5, 5.41) is 0.704. The van der Waals surface area contributed by atoms with Crippen molar-refractivity contribution in [2.75, 3.05) is 6.54 Å². The van der Waals surface area contributed by atoms with Crippen LogP contribution in [0, 0.1) is 0 Å². The van der Waals surface area contributed by atoms with Crippen LogP contribution in [-0.2, 0) is 0 Å². The topological polar surface area (TPSA) is 15.3 Å². The van der Waals surface area contributed by atoms with Crippen molar-refractivity contribution in [1.29, 1.82) is 0 Å². The number of halogens is 3. The summed E-state index contributed by atoms with van der Waals surface area (Å²) in [6.07, 6.45) is 0.613. The molecule has 2 nitrogen and oxygen atoms in total. The van der Waals surface area contributed by atoms with Gasteiger partial charge in [0, 0.05) is 6.20 Å². The quantitative estimate of drug-likeness (QED) is 0.567. The summed E-state index contributed by atoms with van der Waals surface area (Å²) in [6.45, 7) is 0.128. The Morgan fingerprint density at radius 2 is 2.10 bits per heavy atom. The van der Waals surface area contributed by atoms with Crippen molar-refractivity contribution in [3.05, 3.63) is 24.3 Å². The van der Waals surface area contributed by atoms with Crippen LogP contribution in [0.5, 0.6) is 0 Å². The maximum atomic E-state index is 12.2. The molecule has 0 atom stereocenters. The van der Waals surface area contributed by atoms with Crippen molar-refractivity contribution < 1.29 is 13.2 Å². The molecule has 0 aromatic carbocycles. The summed E-state index contributed by atoms with van der Waals surface area (Å²) in [7, 11) is 0. The Morgan fingerprint density at radius 3 is 2.50 bits per heavy atom. The molecule has 56 valence electrons. The average Bonchev–Trinajstić information content (AvgIpc) is 2.36. The third-order valence-corrected chi connectivity index (χ3v) is 1.03. The van der Waals surface area contributed by atoms with E-state index in [1.807, 2.05) is 0 Å². The fraction of sp³-hybridized carbons (Fsp3) is 0.200. The van der Waals surface area contributed by atoms with Gasteiger partial charge in [0.05, 0.1) is 6.54 Å². The summed E-state index contributed by atoms with van der Waals surface area (Å²) >= 11 is 0. The molecule has 5 heteroatoms. The van der Waals surface area contributed by atoms with Crippen LogP contribution in [0.1, 0.15) is 0 Å². The van der Waals surface area contributed by atoms with Crippen LogP contribution in [0.15, 0.2) is 24.3 Å². The van der Waals surface area contributed by atoms with Crippen LogP contribution in [-0.4, -0.2) is 11.6 Å². The van der Waals surface area contributed by atoms with Gasteiger partial charge >= 0.3 is 6.08 Å². The van der Waals surface area contributed by atoms with Gasteiger partial charge in [-0.05, 0) is 6.08 Å². The van der Waals surface area contributed by atoms with Crippen LogP contribution in [0.25, 0.3) is 0 Å². The van der Waals surface area contributed by atoms with E-state index in [-0.39, 0.29) is 6.54 Å². The highest BCUT2D eigenvalue weighted by atomic mass is 19.3. The molecule has 0 amide bonds. The second-order valence-electron chi connectivity index (χ2n) is 1.69. The largest absolute Gasteiger partial charge is 0.324 e. The van der Waals surface area contributed by atoms with Crippen molar-refractivity contribution in [3.63, 3.8) is 0 Å². The second kappa shape index (κ2) is 2.64. The van der Waals surface area contributed by atoms with E-state index in [1.54, 1.807) is 0 Å². The van der Waals surface area contributed by atoms with Gasteiger partial charge in [-0.25, -0.2) is 0 Å². The molecule has 1 heterocycles. The molecule has 0 saturated carbocycles. The highest BCUT2D eigenvalue weighted by molar-refractivity contribution is 4.99. The fourth-order valence-electron chi connectivity index (χ4n) is 0.592. The average molecular weight is 150 g/mol. The van der Waals surface area contributed by atoms with Gasteiger partial charge in [-0.3, -0.25) is 5.01 Å². The Kier molecular flexibility index (Phi) is 1.84. The zero-order valence-electron chi connectivity index (χ0n) is 4.94. The Morgan fingerprint density at radius 1 is 1.40 bits per heavy atom. The summed E-state index contributed by atoms with van der Waals surface area (Å²) in [6, 6.07) is 0. The van der Waals surface area contributed by atoms with Crippen LogP contribution >= 0.6 is 0 Å². The van der Waals surface area contributed by atoms with E-state index in [9.17, 15) is 13.2 Å². The van der Waals surface area contributed by atoms with E-state index in [0.717, 1.165) is 0 Å². The summed E-state index contributed by atoms with van der Waals surface area (Å²) in [5.41, 5.74) is 2.28. The molecule has 0 aromatic rings. The standard InChI is InChI=1S/C5H5F3N2/c6-4(7)5(8)10-3-1-2-9-10/h1-2,9H,3H2. The first-order chi connectivity index (χ1) is 4.72. The molecule has 10 heavy (non-hydrogen) atoms. The van der Waals surface area contributed by atoms with Gasteiger partial charge in [0.2, 0.25) is 0 Å². The van der Waals surface area contributed by atoms with E-state index in [4.69, 9.17) is 0 Å². The third kappa shape index (κ3) is 1.23. The van der Waals surface area contributed by atoms with Crippen LogP contribution in [0.4, 0.5) is 13.2 Å². The molecule has 1 aliphatic rings. The lowest BCUT2D eigenvalue weighted by Crippen LogP contribution is -2.27. The lowest BCUT2D eigenvalue weighted by atomic mass is 10.6. The fourth-order valence-corrected chi connectivity index (χ4v) is 0.592. The van der Waals surface area contributed by atoms with Crippen molar-refractivity contribution in [2.45, 2.75) is 0 Å². The van der Waals surface area contributed by atoms with E-state index in [0.29, 0.717) is 5.01 Å². The highest BCUT2D eigenvalue weighted by Crippen LogP contribution is 2.13. The van der Waals surface area contributed by atoms with Gasteiger partial charge in [-0.1, -0.05) is 0 Å².